The van der Waals surface area contributed by atoms with Crippen molar-refractivity contribution in [1.29, 1.82) is 0 Å². The van der Waals surface area contributed by atoms with Crippen LogP contribution >= 0.6 is 0 Å². The zero-order chi connectivity index (χ0) is 21.1. The maximum absolute atomic E-state index is 12.5. The van der Waals surface area contributed by atoms with Gasteiger partial charge in [-0.15, -0.1) is 0 Å². The van der Waals surface area contributed by atoms with Gasteiger partial charge in [0.1, 0.15) is 5.82 Å². The minimum atomic E-state index is -3.76. The fourth-order valence-corrected chi connectivity index (χ4v) is 4.29. The fourth-order valence-electron chi connectivity index (χ4n) is 3.28. The third kappa shape index (κ3) is 4.18. The van der Waals surface area contributed by atoms with Crippen molar-refractivity contribution >= 4 is 38.3 Å². The second kappa shape index (κ2) is 8.00. The van der Waals surface area contributed by atoms with E-state index in [1.165, 1.54) is 18.3 Å². The van der Waals surface area contributed by atoms with Crippen LogP contribution in [0.3, 0.4) is 0 Å². The first-order valence-electron chi connectivity index (χ1n) is 9.29. The predicted molar refractivity (Wildman–Crippen MR) is 117 cm³/mol. The molecule has 0 saturated heterocycles. The minimum Gasteiger partial charge on any atom is -0.350 e. The van der Waals surface area contributed by atoms with Crippen LogP contribution < -0.4 is 10.0 Å². The lowest BCUT2D eigenvalue weighted by atomic mass is 10.1. The highest BCUT2D eigenvalue weighted by molar-refractivity contribution is 7.92. The molecule has 2 heterocycles. The third-order valence-electron chi connectivity index (χ3n) is 4.68. The number of amides is 1. The molecule has 0 saturated carbocycles. The summed E-state index contributed by atoms with van der Waals surface area (Å²) in [6.07, 6.45) is 3.68. The van der Waals surface area contributed by atoms with Crippen LogP contribution in [0, 0.1) is 0 Å². The van der Waals surface area contributed by atoms with Crippen molar-refractivity contribution in [1.82, 2.24) is 9.55 Å². The molecule has 2 aromatic carbocycles. The van der Waals surface area contributed by atoms with Gasteiger partial charge in [-0.1, -0.05) is 24.3 Å². The standard InChI is InChI=1S/C22H20N4O3S/c1-26-15-16(19-6-2-3-7-20(19)26)14-22(27)24-17-9-11-18(12-10-17)30(28,29)25-21-8-4-5-13-23-21/h2-13,15H,14H2,1H3,(H,23,25)(H,24,27). The average molecular weight is 420 g/mol. The Kier molecular flexibility index (Phi) is 5.24. The molecule has 0 aliphatic heterocycles. The van der Waals surface area contributed by atoms with Gasteiger partial charge in [0.25, 0.3) is 10.0 Å². The van der Waals surface area contributed by atoms with Crippen molar-refractivity contribution in [3.8, 4) is 0 Å². The third-order valence-corrected chi connectivity index (χ3v) is 6.05. The number of sulfonamides is 1. The Bertz CT molecular complexity index is 1300. The summed E-state index contributed by atoms with van der Waals surface area (Å²) in [5, 5.41) is 3.86. The Balaban J connectivity index is 1.45. The van der Waals surface area contributed by atoms with E-state index in [2.05, 4.69) is 15.0 Å². The molecule has 4 rings (SSSR count). The van der Waals surface area contributed by atoms with Gasteiger partial charge in [-0.05, 0) is 48.0 Å². The number of benzene rings is 2. The number of anilines is 2. The molecule has 4 aromatic rings. The lowest BCUT2D eigenvalue weighted by Gasteiger charge is -2.09. The van der Waals surface area contributed by atoms with Crippen LogP contribution in [-0.2, 0) is 28.3 Å². The normalized spacial score (nSPS) is 11.4. The summed E-state index contributed by atoms with van der Waals surface area (Å²) < 4.78 is 29.3. The Morgan fingerprint density at radius 1 is 1.00 bits per heavy atom. The van der Waals surface area contributed by atoms with Gasteiger partial charge in [-0.2, -0.15) is 0 Å². The quantitative estimate of drug-likeness (QED) is 0.499. The number of carbonyl (C=O) groups excluding carboxylic acids is 1. The maximum Gasteiger partial charge on any atom is 0.263 e. The molecule has 0 spiro atoms. The van der Waals surface area contributed by atoms with Crippen LogP contribution in [0.2, 0.25) is 0 Å². The molecule has 1 amide bonds. The number of fused-ring (bicyclic) bond motifs is 1. The number of aromatic nitrogens is 2. The van der Waals surface area contributed by atoms with Crippen LogP contribution in [0.4, 0.5) is 11.5 Å². The number of rotatable bonds is 6. The lowest BCUT2D eigenvalue weighted by molar-refractivity contribution is -0.115. The number of aryl methyl sites for hydroxylation is 1. The van der Waals surface area contributed by atoms with Gasteiger partial charge in [-0.25, -0.2) is 13.4 Å². The van der Waals surface area contributed by atoms with Crippen molar-refractivity contribution in [2.45, 2.75) is 11.3 Å². The summed E-state index contributed by atoms with van der Waals surface area (Å²) in [5.41, 5.74) is 2.52. The van der Waals surface area contributed by atoms with Gasteiger partial charge in [0.15, 0.2) is 0 Å². The number of hydrogen-bond acceptors (Lipinski definition) is 4. The van der Waals surface area contributed by atoms with Gasteiger partial charge in [-0.3, -0.25) is 9.52 Å². The van der Waals surface area contributed by atoms with Crippen molar-refractivity contribution in [2.75, 3.05) is 10.0 Å². The minimum absolute atomic E-state index is 0.0835. The van der Waals surface area contributed by atoms with Crippen LogP contribution in [0.1, 0.15) is 5.56 Å². The molecular formula is C22H20N4O3S. The van der Waals surface area contributed by atoms with Crippen LogP contribution in [-0.4, -0.2) is 23.9 Å². The highest BCUT2D eigenvalue weighted by Gasteiger charge is 2.15. The van der Waals surface area contributed by atoms with Gasteiger partial charge in [0.05, 0.1) is 11.3 Å². The Hall–Kier alpha value is -3.65. The first-order valence-corrected chi connectivity index (χ1v) is 10.8. The molecule has 2 aromatic heterocycles. The zero-order valence-electron chi connectivity index (χ0n) is 16.2. The topological polar surface area (TPSA) is 93.1 Å². The first kappa shape index (κ1) is 19.7. The first-order chi connectivity index (χ1) is 14.4. The summed E-state index contributed by atoms with van der Waals surface area (Å²) in [5.74, 6) is 0.0681. The van der Waals surface area contributed by atoms with Gasteiger partial charge in [0.2, 0.25) is 5.91 Å². The molecule has 30 heavy (non-hydrogen) atoms. The Morgan fingerprint density at radius 2 is 1.73 bits per heavy atom. The van der Waals surface area contributed by atoms with Crippen molar-refractivity contribution in [3.63, 3.8) is 0 Å². The molecular weight excluding hydrogens is 400 g/mol. The molecule has 0 unspecified atom stereocenters. The van der Waals surface area contributed by atoms with E-state index in [1.54, 1.807) is 30.3 Å². The number of nitrogens with one attached hydrogen (secondary N) is 2. The summed E-state index contributed by atoms with van der Waals surface area (Å²) in [6.45, 7) is 0. The second-order valence-corrected chi connectivity index (χ2v) is 8.53. The van der Waals surface area contributed by atoms with Crippen molar-refractivity contribution in [3.05, 3.63) is 84.7 Å². The summed E-state index contributed by atoms with van der Waals surface area (Å²) in [7, 11) is -1.81. The highest BCUT2D eigenvalue weighted by atomic mass is 32.2. The molecule has 0 radical (unpaired) electrons. The molecule has 152 valence electrons. The monoisotopic (exact) mass is 420 g/mol. The van der Waals surface area contributed by atoms with Gasteiger partial charge >= 0.3 is 0 Å². The van der Waals surface area contributed by atoms with Crippen molar-refractivity contribution in [2.24, 2.45) is 7.05 Å². The molecule has 8 heteroatoms. The zero-order valence-corrected chi connectivity index (χ0v) is 17.1. The van der Waals surface area contributed by atoms with Crippen LogP contribution in [0.15, 0.2) is 84.0 Å². The summed E-state index contributed by atoms with van der Waals surface area (Å²) >= 11 is 0. The van der Waals surface area contributed by atoms with E-state index in [4.69, 9.17) is 0 Å². The van der Waals surface area contributed by atoms with Gasteiger partial charge in [0, 0.05) is 36.0 Å². The predicted octanol–water partition coefficient (Wildman–Crippen LogP) is 3.56. The van der Waals surface area contributed by atoms with E-state index in [9.17, 15) is 13.2 Å². The Morgan fingerprint density at radius 3 is 2.47 bits per heavy atom. The molecule has 2 N–H and O–H groups in total. The maximum atomic E-state index is 12.5. The number of para-hydroxylation sites is 1. The van der Waals surface area contributed by atoms with E-state index in [0.717, 1.165) is 16.5 Å². The SMILES string of the molecule is Cn1cc(CC(=O)Nc2ccc(S(=O)(=O)Nc3ccccn3)cc2)c2ccccc21. The van der Waals surface area contributed by atoms with E-state index in [0.29, 0.717) is 5.69 Å². The van der Waals surface area contributed by atoms with E-state index in [1.807, 2.05) is 42.1 Å². The summed E-state index contributed by atoms with van der Waals surface area (Å²) in [6, 6.07) is 18.9. The molecule has 0 bridgehead atoms. The molecule has 7 nitrogen and oxygen atoms in total. The molecule has 0 aliphatic carbocycles. The van der Waals surface area contributed by atoms with E-state index in [-0.39, 0.29) is 23.0 Å². The van der Waals surface area contributed by atoms with Crippen LogP contribution in [0.25, 0.3) is 10.9 Å². The average Bonchev–Trinajstić information content (AvgIpc) is 3.04. The molecule has 0 aliphatic rings. The second-order valence-electron chi connectivity index (χ2n) is 6.85. The fraction of sp³-hybridized carbons (Fsp3) is 0.0909. The van der Waals surface area contributed by atoms with Crippen LogP contribution in [0.5, 0.6) is 0 Å². The highest BCUT2D eigenvalue weighted by Crippen LogP contribution is 2.22. The van der Waals surface area contributed by atoms with Crippen molar-refractivity contribution < 1.29 is 13.2 Å². The smallest absolute Gasteiger partial charge is 0.263 e. The van der Waals surface area contributed by atoms with Gasteiger partial charge < -0.3 is 9.88 Å². The molecule has 0 atom stereocenters. The summed E-state index contributed by atoms with van der Waals surface area (Å²) in [4.78, 5) is 16.5. The largest absolute Gasteiger partial charge is 0.350 e. The Labute approximate surface area is 174 Å². The van der Waals surface area contributed by atoms with E-state index < -0.39 is 10.0 Å². The lowest BCUT2D eigenvalue weighted by Crippen LogP contribution is -2.15. The molecule has 0 fully saturated rings. The number of nitrogens with zero attached hydrogens (tertiary/aromatic N) is 2. The van der Waals surface area contributed by atoms with E-state index >= 15 is 0 Å². The number of carbonyl (C=O) groups is 1. The number of hydrogen-bond donors (Lipinski definition) is 2. The number of pyridine rings is 1.